The number of likely N-dealkylation sites (tertiary alicyclic amines) is 1. The van der Waals surface area contributed by atoms with E-state index in [-0.39, 0.29) is 11.4 Å². The van der Waals surface area contributed by atoms with E-state index >= 15 is 0 Å². The van der Waals surface area contributed by atoms with Crippen molar-refractivity contribution >= 4 is 23.8 Å². The number of rotatable bonds is 3. The van der Waals surface area contributed by atoms with Crippen LogP contribution in [0.1, 0.15) is 46.0 Å². The number of amides is 2. The number of carbonyl (C=O) groups excluding carboxylic acids is 1. The third-order valence-corrected chi connectivity index (χ3v) is 5.76. The van der Waals surface area contributed by atoms with Crippen LogP contribution < -0.4 is 0 Å². The molecule has 5 nitrogen and oxygen atoms in total. The maximum absolute atomic E-state index is 12.7. The maximum Gasteiger partial charge on any atom is 0.327 e. The van der Waals surface area contributed by atoms with E-state index in [0.717, 1.165) is 25.9 Å². The van der Waals surface area contributed by atoms with Gasteiger partial charge in [0, 0.05) is 18.8 Å². The molecular formula is C15H26N2O3S. The molecule has 0 aromatic rings. The van der Waals surface area contributed by atoms with Gasteiger partial charge < -0.3 is 10.0 Å². The normalized spacial score (nSPS) is 30.3. The summed E-state index contributed by atoms with van der Waals surface area (Å²) in [5.41, 5.74) is 0. The van der Waals surface area contributed by atoms with Gasteiger partial charge in [0.1, 0.15) is 6.04 Å². The van der Waals surface area contributed by atoms with Gasteiger partial charge in [-0.15, -0.1) is 11.8 Å². The molecule has 0 aromatic carbocycles. The van der Waals surface area contributed by atoms with Crippen LogP contribution in [0.2, 0.25) is 0 Å². The standard InChI is InChI=1S/C15H26N2O3S/c1-3-5-12-6-4-8-16(9-7-12)15(20)17-11(2)21-10-13(17)14(18)19/h11-13H,3-10H2,1-2H3,(H,18,19). The number of nitrogens with zero attached hydrogens (tertiary/aromatic N) is 2. The zero-order valence-corrected chi connectivity index (χ0v) is 13.8. The molecule has 0 bridgehead atoms. The summed E-state index contributed by atoms with van der Waals surface area (Å²) >= 11 is 1.55. The van der Waals surface area contributed by atoms with Crippen LogP contribution in [0.5, 0.6) is 0 Å². The highest BCUT2D eigenvalue weighted by Crippen LogP contribution is 2.31. The third-order valence-electron chi connectivity index (χ3n) is 4.54. The Hall–Kier alpha value is -0.910. The molecule has 0 saturated carbocycles. The molecule has 21 heavy (non-hydrogen) atoms. The first-order valence-corrected chi connectivity index (χ1v) is 9.01. The summed E-state index contributed by atoms with van der Waals surface area (Å²) < 4.78 is 0. The van der Waals surface area contributed by atoms with Crippen LogP contribution >= 0.6 is 11.8 Å². The Labute approximate surface area is 131 Å². The predicted octanol–water partition coefficient (Wildman–Crippen LogP) is 2.86. The van der Waals surface area contributed by atoms with Gasteiger partial charge in [0.25, 0.3) is 0 Å². The molecule has 2 amide bonds. The second kappa shape index (κ2) is 7.38. The first-order chi connectivity index (χ1) is 10.0. The number of carboxylic acids is 1. The largest absolute Gasteiger partial charge is 0.480 e. The van der Waals surface area contributed by atoms with Crippen molar-refractivity contribution in [1.82, 2.24) is 9.80 Å². The van der Waals surface area contributed by atoms with E-state index in [0.29, 0.717) is 11.7 Å². The van der Waals surface area contributed by atoms with Crippen molar-refractivity contribution in [2.75, 3.05) is 18.8 Å². The zero-order chi connectivity index (χ0) is 15.4. The Morgan fingerprint density at radius 1 is 1.29 bits per heavy atom. The number of hydrogen-bond donors (Lipinski definition) is 1. The van der Waals surface area contributed by atoms with E-state index in [2.05, 4.69) is 6.92 Å². The summed E-state index contributed by atoms with van der Waals surface area (Å²) in [5, 5.41) is 9.24. The predicted molar refractivity (Wildman–Crippen MR) is 84.4 cm³/mol. The highest BCUT2D eigenvalue weighted by Gasteiger charge is 2.41. The van der Waals surface area contributed by atoms with Gasteiger partial charge in [0.2, 0.25) is 0 Å². The quantitative estimate of drug-likeness (QED) is 0.870. The van der Waals surface area contributed by atoms with Gasteiger partial charge in [-0.1, -0.05) is 19.8 Å². The smallest absolute Gasteiger partial charge is 0.327 e. The second-order valence-corrected chi connectivity index (χ2v) is 7.40. The van der Waals surface area contributed by atoms with Crippen LogP contribution in [0.4, 0.5) is 4.79 Å². The summed E-state index contributed by atoms with van der Waals surface area (Å²) in [4.78, 5) is 27.5. The number of hydrogen-bond acceptors (Lipinski definition) is 3. The highest BCUT2D eigenvalue weighted by atomic mass is 32.2. The second-order valence-electron chi connectivity index (χ2n) is 6.05. The molecule has 2 saturated heterocycles. The van der Waals surface area contributed by atoms with Crippen LogP contribution in [0.25, 0.3) is 0 Å². The van der Waals surface area contributed by atoms with Gasteiger partial charge in [0.05, 0.1) is 5.37 Å². The molecule has 0 radical (unpaired) electrons. The Morgan fingerprint density at radius 3 is 2.71 bits per heavy atom. The fourth-order valence-corrected chi connectivity index (χ4v) is 4.50. The Bertz CT molecular complexity index is 391. The van der Waals surface area contributed by atoms with Crippen molar-refractivity contribution < 1.29 is 14.7 Å². The minimum atomic E-state index is -0.890. The van der Waals surface area contributed by atoms with E-state index in [4.69, 9.17) is 0 Å². The average molecular weight is 314 g/mol. The number of carbonyl (C=O) groups is 2. The molecule has 0 aliphatic carbocycles. The van der Waals surface area contributed by atoms with Crippen molar-refractivity contribution in [2.24, 2.45) is 5.92 Å². The van der Waals surface area contributed by atoms with Crippen LogP contribution in [-0.2, 0) is 4.79 Å². The molecule has 2 rings (SSSR count). The lowest BCUT2D eigenvalue weighted by Crippen LogP contribution is -2.51. The van der Waals surface area contributed by atoms with E-state index < -0.39 is 12.0 Å². The minimum Gasteiger partial charge on any atom is -0.480 e. The lowest BCUT2D eigenvalue weighted by molar-refractivity contribution is -0.141. The van der Waals surface area contributed by atoms with Crippen molar-refractivity contribution in [1.29, 1.82) is 0 Å². The SMILES string of the molecule is CCCC1CCCN(C(=O)N2C(C)SCC2C(=O)O)CC1. The number of aliphatic carboxylic acids is 1. The van der Waals surface area contributed by atoms with Crippen LogP contribution in [-0.4, -0.2) is 57.2 Å². The van der Waals surface area contributed by atoms with Gasteiger partial charge in [0.15, 0.2) is 0 Å². The van der Waals surface area contributed by atoms with Gasteiger partial charge in [-0.05, 0) is 32.1 Å². The molecule has 0 aromatic heterocycles. The molecule has 120 valence electrons. The monoisotopic (exact) mass is 314 g/mol. The molecule has 2 fully saturated rings. The van der Waals surface area contributed by atoms with Crippen LogP contribution in [0.15, 0.2) is 0 Å². The lowest BCUT2D eigenvalue weighted by atomic mass is 9.96. The van der Waals surface area contributed by atoms with E-state index in [1.54, 1.807) is 16.7 Å². The van der Waals surface area contributed by atoms with Crippen molar-refractivity contribution in [2.45, 2.75) is 57.4 Å². The fraction of sp³-hybridized carbons (Fsp3) is 0.867. The van der Waals surface area contributed by atoms with E-state index in [1.165, 1.54) is 19.3 Å². The summed E-state index contributed by atoms with van der Waals surface area (Å²) in [7, 11) is 0. The summed E-state index contributed by atoms with van der Waals surface area (Å²) in [6.07, 6.45) is 5.69. The Morgan fingerprint density at radius 2 is 2.05 bits per heavy atom. The summed E-state index contributed by atoms with van der Waals surface area (Å²) in [6, 6.07) is -0.760. The molecule has 3 unspecified atom stereocenters. The van der Waals surface area contributed by atoms with Crippen molar-refractivity contribution in [3.63, 3.8) is 0 Å². The molecule has 2 aliphatic heterocycles. The van der Waals surface area contributed by atoms with E-state index in [1.807, 2.05) is 11.8 Å². The molecule has 3 atom stereocenters. The lowest BCUT2D eigenvalue weighted by Gasteiger charge is -2.31. The molecule has 2 aliphatic rings. The van der Waals surface area contributed by atoms with Gasteiger partial charge in [-0.3, -0.25) is 4.90 Å². The van der Waals surface area contributed by atoms with Gasteiger partial charge >= 0.3 is 12.0 Å². The Balaban J connectivity index is 2.00. The molecule has 6 heteroatoms. The minimum absolute atomic E-state index is 0.0479. The van der Waals surface area contributed by atoms with Gasteiger partial charge in [-0.2, -0.15) is 0 Å². The zero-order valence-electron chi connectivity index (χ0n) is 13.0. The summed E-state index contributed by atoms with van der Waals surface area (Å²) in [5.74, 6) is 0.321. The number of urea groups is 1. The number of carboxylic acid groups (broad SMARTS) is 1. The molecule has 1 N–H and O–H groups in total. The first kappa shape index (κ1) is 16.5. The van der Waals surface area contributed by atoms with Crippen molar-refractivity contribution in [3.8, 4) is 0 Å². The average Bonchev–Trinajstić information content (AvgIpc) is 2.68. The topological polar surface area (TPSA) is 60.9 Å². The van der Waals surface area contributed by atoms with E-state index in [9.17, 15) is 14.7 Å². The Kier molecular flexibility index (Phi) is 5.79. The van der Waals surface area contributed by atoms with Crippen LogP contribution in [0, 0.1) is 5.92 Å². The third kappa shape index (κ3) is 3.84. The highest BCUT2D eigenvalue weighted by molar-refractivity contribution is 8.00. The first-order valence-electron chi connectivity index (χ1n) is 7.96. The maximum atomic E-state index is 12.7. The van der Waals surface area contributed by atoms with Crippen LogP contribution in [0.3, 0.4) is 0 Å². The van der Waals surface area contributed by atoms with Gasteiger partial charge in [-0.25, -0.2) is 9.59 Å². The summed E-state index contributed by atoms with van der Waals surface area (Å²) in [6.45, 7) is 5.65. The molecular weight excluding hydrogens is 288 g/mol. The molecule has 2 heterocycles. The van der Waals surface area contributed by atoms with Crippen molar-refractivity contribution in [3.05, 3.63) is 0 Å². The fourth-order valence-electron chi connectivity index (χ4n) is 3.34. The number of thioether (sulfide) groups is 1. The molecule has 0 spiro atoms.